The van der Waals surface area contributed by atoms with Crippen LogP contribution in [0.4, 0.5) is 13.2 Å². The number of aryl methyl sites for hydroxylation is 1. The molecular formula is C15H12F3N3O2S. The second-order valence-electron chi connectivity index (χ2n) is 5.36. The number of alkyl halides is 3. The minimum atomic E-state index is -4.74. The Morgan fingerprint density at radius 1 is 1.17 bits per heavy atom. The summed E-state index contributed by atoms with van der Waals surface area (Å²) in [5.74, 6) is 0. The molecule has 0 atom stereocenters. The van der Waals surface area contributed by atoms with Crippen LogP contribution in [0.1, 0.15) is 11.4 Å². The van der Waals surface area contributed by atoms with Gasteiger partial charge in [0.1, 0.15) is 5.52 Å². The number of fused-ring (bicyclic) bond motifs is 1. The lowest BCUT2D eigenvalue weighted by atomic mass is 9.98. The van der Waals surface area contributed by atoms with Gasteiger partial charge in [0.25, 0.3) is 0 Å². The fourth-order valence-corrected chi connectivity index (χ4v) is 3.53. The van der Waals surface area contributed by atoms with Crippen LogP contribution in [-0.2, 0) is 16.0 Å². The lowest BCUT2D eigenvalue weighted by Crippen LogP contribution is -2.11. The molecule has 9 heteroatoms. The lowest BCUT2D eigenvalue weighted by molar-refractivity contribution is -0.140. The summed E-state index contributed by atoms with van der Waals surface area (Å²) in [7, 11) is -3.73. The van der Waals surface area contributed by atoms with Gasteiger partial charge in [-0.25, -0.2) is 13.4 Å². The minimum absolute atomic E-state index is 0.0464. The number of hydrogen-bond acceptors (Lipinski definition) is 4. The summed E-state index contributed by atoms with van der Waals surface area (Å²) in [6.07, 6.45) is -2.76. The van der Waals surface area contributed by atoms with Crippen molar-refractivity contribution in [2.24, 2.45) is 0 Å². The van der Waals surface area contributed by atoms with E-state index in [4.69, 9.17) is 0 Å². The van der Waals surface area contributed by atoms with E-state index in [2.05, 4.69) is 15.2 Å². The van der Waals surface area contributed by atoms with Gasteiger partial charge in [-0.15, -0.1) is 0 Å². The van der Waals surface area contributed by atoms with E-state index >= 15 is 0 Å². The molecule has 0 aliphatic heterocycles. The van der Waals surface area contributed by atoms with E-state index < -0.39 is 21.7 Å². The summed E-state index contributed by atoms with van der Waals surface area (Å²) in [6, 6.07) is 5.56. The fraction of sp³-hybridized carbons (Fsp3) is 0.200. The van der Waals surface area contributed by atoms with Gasteiger partial charge in [0.15, 0.2) is 15.5 Å². The number of aromatic nitrogens is 3. The van der Waals surface area contributed by atoms with E-state index in [0.717, 1.165) is 12.5 Å². The van der Waals surface area contributed by atoms with E-state index in [9.17, 15) is 21.6 Å². The zero-order chi connectivity index (χ0) is 17.7. The van der Waals surface area contributed by atoms with E-state index in [1.165, 1.54) is 24.3 Å². The standard InChI is InChI=1S/C15H12F3N3O2S/c1-8-12-10(21-20-8)7-19-14(15(16,17)18)13(12)9-5-3-4-6-11(9)24(2,22)23/h3-7H,1-2H3,(H,20,21). The number of sulfone groups is 1. The van der Waals surface area contributed by atoms with Crippen molar-refractivity contribution in [1.82, 2.24) is 15.2 Å². The smallest absolute Gasteiger partial charge is 0.282 e. The van der Waals surface area contributed by atoms with Gasteiger partial charge < -0.3 is 0 Å². The molecule has 0 saturated carbocycles. The number of H-pyrrole nitrogens is 1. The van der Waals surface area contributed by atoms with Crippen molar-refractivity contribution in [3.05, 3.63) is 41.9 Å². The Morgan fingerprint density at radius 3 is 2.46 bits per heavy atom. The molecule has 3 rings (SSSR count). The van der Waals surface area contributed by atoms with Crippen LogP contribution in [0.2, 0.25) is 0 Å². The van der Waals surface area contributed by atoms with Gasteiger partial charge in [-0.1, -0.05) is 18.2 Å². The van der Waals surface area contributed by atoms with Gasteiger partial charge in [0, 0.05) is 28.5 Å². The molecule has 0 amide bonds. The molecule has 0 aliphatic rings. The Kier molecular flexibility index (Phi) is 3.63. The van der Waals surface area contributed by atoms with Gasteiger partial charge in [0.2, 0.25) is 0 Å². The van der Waals surface area contributed by atoms with Crippen LogP contribution in [0.25, 0.3) is 22.0 Å². The fourth-order valence-electron chi connectivity index (χ4n) is 2.64. The predicted octanol–water partition coefficient (Wildman–Crippen LogP) is 3.36. The van der Waals surface area contributed by atoms with Crippen molar-refractivity contribution < 1.29 is 21.6 Å². The zero-order valence-electron chi connectivity index (χ0n) is 12.6. The molecule has 1 N–H and O–H groups in total. The molecule has 0 bridgehead atoms. The van der Waals surface area contributed by atoms with Crippen LogP contribution in [0.3, 0.4) is 0 Å². The summed E-state index contributed by atoms with van der Waals surface area (Å²) < 4.78 is 64.5. The van der Waals surface area contributed by atoms with Gasteiger partial charge in [-0.3, -0.25) is 5.10 Å². The van der Waals surface area contributed by atoms with Crippen molar-refractivity contribution in [3.8, 4) is 11.1 Å². The van der Waals surface area contributed by atoms with Gasteiger partial charge in [-0.05, 0) is 13.0 Å². The Morgan fingerprint density at radius 2 is 1.83 bits per heavy atom. The number of pyridine rings is 1. The number of rotatable bonds is 2. The molecule has 2 heterocycles. The summed E-state index contributed by atoms with van der Waals surface area (Å²) in [5.41, 5.74) is -0.840. The molecule has 126 valence electrons. The number of benzene rings is 1. The Bertz CT molecular complexity index is 1040. The second kappa shape index (κ2) is 5.30. The molecule has 0 aliphatic carbocycles. The minimum Gasteiger partial charge on any atom is -0.282 e. The topological polar surface area (TPSA) is 75.7 Å². The molecule has 1 aromatic carbocycles. The summed E-state index contributed by atoms with van der Waals surface area (Å²) in [6.45, 7) is 1.57. The first-order valence-electron chi connectivity index (χ1n) is 6.81. The lowest BCUT2D eigenvalue weighted by Gasteiger charge is -2.15. The van der Waals surface area contributed by atoms with Crippen molar-refractivity contribution in [2.45, 2.75) is 18.0 Å². The van der Waals surface area contributed by atoms with Gasteiger partial charge >= 0.3 is 6.18 Å². The molecule has 0 saturated heterocycles. The quantitative estimate of drug-likeness (QED) is 0.765. The molecule has 2 aromatic heterocycles. The Labute approximate surface area is 135 Å². The molecular weight excluding hydrogens is 343 g/mol. The molecule has 0 fully saturated rings. The van der Waals surface area contributed by atoms with E-state index in [0.29, 0.717) is 5.69 Å². The van der Waals surface area contributed by atoms with E-state index in [-0.39, 0.29) is 26.9 Å². The average Bonchev–Trinajstić information content (AvgIpc) is 2.86. The van der Waals surface area contributed by atoms with Crippen LogP contribution in [0.15, 0.2) is 35.4 Å². The van der Waals surface area contributed by atoms with E-state index in [1.54, 1.807) is 6.92 Å². The average molecular weight is 355 g/mol. The molecule has 24 heavy (non-hydrogen) atoms. The molecule has 5 nitrogen and oxygen atoms in total. The largest absolute Gasteiger partial charge is 0.433 e. The van der Waals surface area contributed by atoms with Gasteiger partial charge in [0.05, 0.1) is 11.1 Å². The highest BCUT2D eigenvalue weighted by atomic mass is 32.2. The monoisotopic (exact) mass is 355 g/mol. The maximum Gasteiger partial charge on any atom is 0.433 e. The SMILES string of the molecule is Cc1[nH]nc2cnc(C(F)(F)F)c(-c3ccccc3S(C)(=O)=O)c12. The third-order valence-electron chi connectivity index (χ3n) is 3.60. The first-order valence-corrected chi connectivity index (χ1v) is 8.70. The molecule has 3 aromatic rings. The number of nitrogens with one attached hydrogen (secondary N) is 1. The Balaban J connectivity index is 2.53. The second-order valence-corrected chi connectivity index (χ2v) is 7.34. The predicted molar refractivity (Wildman–Crippen MR) is 82.2 cm³/mol. The zero-order valence-corrected chi connectivity index (χ0v) is 13.5. The van der Waals surface area contributed by atoms with Crippen LogP contribution >= 0.6 is 0 Å². The van der Waals surface area contributed by atoms with Crippen molar-refractivity contribution in [1.29, 1.82) is 0 Å². The highest BCUT2D eigenvalue weighted by Gasteiger charge is 2.38. The normalized spacial score (nSPS) is 12.7. The third-order valence-corrected chi connectivity index (χ3v) is 4.76. The number of aromatic amines is 1. The van der Waals surface area contributed by atoms with Crippen LogP contribution in [-0.4, -0.2) is 29.9 Å². The number of halogens is 3. The van der Waals surface area contributed by atoms with Crippen LogP contribution in [0.5, 0.6) is 0 Å². The highest BCUT2D eigenvalue weighted by molar-refractivity contribution is 7.90. The van der Waals surface area contributed by atoms with E-state index in [1.807, 2.05) is 0 Å². The van der Waals surface area contributed by atoms with Gasteiger partial charge in [-0.2, -0.15) is 18.3 Å². The highest BCUT2D eigenvalue weighted by Crippen LogP contribution is 2.42. The number of nitrogens with zero attached hydrogens (tertiary/aromatic N) is 2. The van der Waals surface area contributed by atoms with Crippen LogP contribution < -0.4 is 0 Å². The van der Waals surface area contributed by atoms with Crippen LogP contribution in [0, 0.1) is 6.92 Å². The maximum atomic E-state index is 13.5. The Hall–Kier alpha value is -2.42. The molecule has 0 unspecified atom stereocenters. The summed E-state index contributed by atoms with van der Waals surface area (Å²) in [5, 5.41) is 6.73. The molecule has 0 radical (unpaired) electrons. The maximum absolute atomic E-state index is 13.5. The van der Waals surface area contributed by atoms with Crippen molar-refractivity contribution in [2.75, 3.05) is 6.26 Å². The summed E-state index contributed by atoms with van der Waals surface area (Å²) >= 11 is 0. The first-order chi connectivity index (χ1) is 11.1. The first kappa shape index (κ1) is 16.4. The van der Waals surface area contributed by atoms with Crippen molar-refractivity contribution >= 4 is 20.7 Å². The third kappa shape index (κ3) is 2.64. The van der Waals surface area contributed by atoms with Crippen molar-refractivity contribution in [3.63, 3.8) is 0 Å². The molecule has 0 spiro atoms. The summed E-state index contributed by atoms with van der Waals surface area (Å²) in [4.78, 5) is 3.30. The number of hydrogen-bond donors (Lipinski definition) is 1.